The monoisotopic (exact) mass is 221 g/mol. The van der Waals surface area contributed by atoms with Crippen molar-refractivity contribution in [1.82, 2.24) is 5.32 Å². The lowest BCUT2D eigenvalue weighted by molar-refractivity contribution is 0.453. The van der Waals surface area contributed by atoms with Crippen LogP contribution in [0.3, 0.4) is 0 Å². The Kier molecular flexibility index (Phi) is 3.71. The highest BCUT2D eigenvalue weighted by atomic mass is 32.2. The first-order chi connectivity index (χ1) is 7.31. The van der Waals surface area contributed by atoms with E-state index in [-0.39, 0.29) is 0 Å². The standard InChI is InChI=1S/C13H19NS/c1-10-5-3-4-6-11(10)7-12-8-15-9-13(12)14-2/h3-6,12-14H,7-9H2,1-2H3. The molecule has 0 radical (unpaired) electrons. The fourth-order valence-electron chi connectivity index (χ4n) is 2.24. The molecule has 1 aliphatic rings. The van der Waals surface area contributed by atoms with Crippen LogP contribution in [-0.2, 0) is 6.42 Å². The minimum absolute atomic E-state index is 0.703. The lowest BCUT2D eigenvalue weighted by Crippen LogP contribution is -2.33. The van der Waals surface area contributed by atoms with E-state index in [2.05, 4.69) is 55.3 Å². The molecule has 1 aliphatic heterocycles. The Bertz CT molecular complexity index is 324. The van der Waals surface area contributed by atoms with Crippen molar-refractivity contribution in [2.24, 2.45) is 5.92 Å². The molecule has 82 valence electrons. The third-order valence-corrected chi connectivity index (χ3v) is 4.57. The molecule has 1 fully saturated rings. The molecule has 1 heterocycles. The topological polar surface area (TPSA) is 12.0 Å². The summed E-state index contributed by atoms with van der Waals surface area (Å²) in [6, 6.07) is 9.46. The van der Waals surface area contributed by atoms with Gasteiger partial charge in [0.2, 0.25) is 0 Å². The highest BCUT2D eigenvalue weighted by Crippen LogP contribution is 2.27. The quantitative estimate of drug-likeness (QED) is 0.841. The molecular weight excluding hydrogens is 202 g/mol. The first-order valence-electron chi connectivity index (χ1n) is 5.61. The van der Waals surface area contributed by atoms with Gasteiger partial charge in [0.25, 0.3) is 0 Å². The average Bonchev–Trinajstić information content (AvgIpc) is 2.69. The number of nitrogens with one attached hydrogen (secondary N) is 1. The van der Waals surface area contributed by atoms with Gasteiger partial charge in [-0.3, -0.25) is 0 Å². The number of thioether (sulfide) groups is 1. The second-order valence-corrected chi connectivity index (χ2v) is 5.40. The van der Waals surface area contributed by atoms with Crippen LogP contribution in [0.1, 0.15) is 11.1 Å². The molecule has 0 bridgehead atoms. The summed E-state index contributed by atoms with van der Waals surface area (Å²) >= 11 is 2.08. The molecule has 1 aromatic carbocycles. The number of rotatable bonds is 3. The van der Waals surface area contributed by atoms with Gasteiger partial charge in [-0.05, 0) is 43.2 Å². The van der Waals surface area contributed by atoms with Crippen molar-refractivity contribution in [2.45, 2.75) is 19.4 Å². The molecular formula is C13H19NS. The zero-order chi connectivity index (χ0) is 10.7. The first-order valence-corrected chi connectivity index (χ1v) is 6.76. The second-order valence-electron chi connectivity index (χ2n) is 4.32. The lowest BCUT2D eigenvalue weighted by Gasteiger charge is -2.18. The van der Waals surface area contributed by atoms with Crippen molar-refractivity contribution in [1.29, 1.82) is 0 Å². The highest BCUT2D eigenvalue weighted by molar-refractivity contribution is 7.99. The van der Waals surface area contributed by atoms with E-state index >= 15 is 0 Å². The summed E-state index contributed by atoms with van der Waals surface area (Å²) in [5, 5.41) is 3.43. The summed E-state index contributed by atoms with van der Waals surface area (Å²) in [5.41, 5.74) is 2.95. The van der Waals surface area contributed by atoms with Gasteiger partial charge in [0.1, 0.15) is 0 Å². The van der Waals surface area contributed by atoms with Crippen LogP contribution >= 0.6 is 11.8 Å². The molecule has 1 aromatic rings. The maximum absolute atomic E-state index is 3.43. The molecule has 2 atom stereocenters. The van der Waals surface area contributed by atoms with Crippen molar-refractivity contribution in [2.75, 3.05) is 18.6 Å². The minimum Gasteiger partial charge on any atom is -0.316 e. The van der Waals surface area contributed by atoms with E-state index in [1.165, 1.54) is 29.1 Å². The minimum atomic E-state index is 0.703. The van der Waals surface area contributed by atoms with Gasteiger partial charge in [-0.25, -0.2) is 0 Å². The summed E-state index contributed by atoms with van der Waals surface area (Å²) in [4.78, 5) is 0. The van der Waals surface area contributed by atoms with Crippen LogP contribution in [0, 0.1) is 12.8 Å². The molecule has 1 nitrogen and oxygen atoms in total. The van der Waals surface area contributed by atoms with Gasteiger partial charge in [-0.15, -0.1) is 0 Å². The maximum atomic E-state index is 3.43. The van der Waals surface area contributed by atoms with Crippen molar-refractivity contribution < 1.29 is 0 Å². The van der Waals surface area contributed by atoms with E-state index in [1.807, 2.05) is 0 Å². The van der Waals surface area contributed by atoms with E-state index in [0.717, 1.165) is 5.92 Å². The average molecular weight is 221 g/mol. The number of aryl methyl sites for hydroxylation is 1. The molecule has 1 saturated heterocycles. The third kappa shape index (κ3) is 2.56. The molecule has 0 spiro atoms. The largest absolute Gasteiger partial charge is 0.316 e. The van der Waals surface area contributed by atoms with Crippen molar-refractivity contribution >= 4 is 11.8 Å². The van der Waals surface area contributed by atoms with E-state index < -0.39 is 0 Å². The summed E-state index contributed by atoms with van der Waals surface area (Å²) in [7, 11) is 2.08. The Balaban J connectivity index is 2.05. The van der Waals surface area contributed by atoms with Crippen LogP contribution in [0.5, 0.6) is 0 Å². The van der Waals surface area contributed by atoms with Crippen LogP contribution in [0.4, 0.5) is 0 Å². The molecule has 15 heavy (non-hydrogen) atoms. The highest BCUT2D eigenvalue weighted by Gasteiger charge is 2.26. The third-order valence-electron chi connectivity index (χ3n) is 3.31. The van der Waals surface area contributed by atoms with Gasteiger partial charge in [0, 0.05) is 11.8 Å². The Morgan fingerprint density at radius 1 is 1.33 bits per heavy atom. The fourth-order valence-corrected chi connectivity index (χ4v) is 3.72. The molecule has 0 amide bonds. The van der Waals surface area contributed by atoms with Gasteiger partial charge < -0.3 is 5.32 Å². The van der Waals surface area contributed by atoms with Crippen LogP contribution in [0.2, 0.25) is 0 Å². The second kappa shape index (κ2) is 5.04. The molecule has 0 saturated carbocycles. The molecule has 1 N–H and O–H groups in total. The Morgan fingerprint density at radius 2 is 2.13 bits per heavy atom. The van der Waals surface area contributed by atoms with Crippen LogP contribution in [-0.4, -0.2) is 24.6 Å². The van der Waals surface area contributed by atoms with Gasteiger partial charge in [-0.1, -0.05) is 24.3 Å². The van der Waals surface area contributed by atoms with Crippen LogP contribution in [0.25, 0.3) is 0 Å². The Labute approximate surface area is 96.7 Å². The van der Waals surface area contributed by atoms with E-state index in [9.17, 15) is 0 Å². The van der Waals surface area contributed by atoms with Crippen LogP contribution < -0.4 is 5.32 Å². The zero-order valence-corrected chi connectivity index (χ0v) is 10.3. The van der Waals surface area contributed by atoms with E-state index in [1.54, 1.807) is 0 Å². The molecule has 0 aromatic heterocycles. The van der Waals surface area contributed by atoms with Gasteiger partial charge in [-0.2, -0.15) is 11.8 Å². The summed E-state index contributed by atoms with van der Waals surface area (Å²) in [6.07, 6.45) is 1.23. The smallest absolute Gasteiger partial charge is 0.0194 e. The molecule has 2 rings (SSSR count). The lowest BCUT2D eigenvalue weighted by atomic mass is 9.93. The summed E-state index contributed by atoms with van der Waals surface area (Å²) in [6.45, 7) is 2.21. The fraction of sp³-hybridized carbons (Fsp3) is 0.538. The van der Waals surface area contributed by atoms with Crippen molar-refractivity contribution in [3.8, 4) is 0 Å². The summed E-state index contributed by atoms with van der Waals surface area (Å²) in [5.74, 6) is 3.38. The number of benzene rings is 1. The van der Waals surface area contributed by atoms with Gasteiger partial charge >= 0.3 is 0 Å². The Morgan fingerprint density at radius 3 is 2.87 bits per heavy atom. The maximum Gasteiger partial charge on any atom is 0.0194 e. The van der Waals surface area contributed by atoms with E-state index in [4.69, 9.17) is 0 Å². The zero-order valence-electron chi connectivity index (χ0n) is 9.49. The van der Waals surface area contributed by atoms with E-state index in [0.29, 0.717) is 6.04 Å². The predicted octanol–water partition coefficient (Wildman–Crippen LogP) is 2.49. The molecule has 0 aliphatic carbocycles. The van der Waals surface area contributed by atoms with Crippen molar-refractivity contribution in [3.63, 3.8) is 0 Å². The number of hydrogen-bond donors (Lipinski definition) is 1. The first kappa shape index (κ1) is 11.0. The number of hydrogen-bond acceptors (Lipinski definition) is 2. The normalized spacial score (nSPS) is 25.7. The molecule has 2 heteroatoms. The SMILES string of the molecule is CNC1CSCC1Cc1ccccc1C. The predicted molar refractivity (Wildman–Crippen MR) is 68.5 cm³/mol. The van der Waals surface area contributed by atoms with Gasteiger partial charge in [0.15, 0.2) is 0 Å². The molecule has 2 unspecified atom stereocenters. The van der Waals surface area contributed by atoms with Crippen LogP contribution in [0.15, 0.2) is 24.3 Å². The van der Waals surface area contributed by atoms with Gasteiger partial charge in [0.05, 0.1) is 0 Å². The Hall–Kier alpha value is -0.470. The van der Waals surface area contributed by atoms with Crippen molar-refractivity contribution in [3.05, 3.63) is 35.4 Å². The summed E-state index contributed by atoms with van der Waals surface area (Å²) < 4.78 is 0.